The van der Waals surface area contributed by atoms with Crippen molar-refractivity contribution in [3.05, 3.63) is 279 Å². The number of nitrogens with zero attached hydrogens (tertiary/aromatic N) is 4. The second-order valence-corrected chi connectivity index (χ2v) is 19.3. The second kappa shape index (κ2) is 20.8. The Balaban J connectivity index is 1.01. The van der Waals surface area contributed by atoms with Crippen LogP contribution in [0.4, 0.5) is 56.9 Å². The van der Waals surface area contributed by atoms with Crippen molar-refractivity contribution in [1.29, 1.82) is 0 Å². The number of rotatable bonds is 12. The molecule has 0 amide bonds. The van der Waals surface area contributed by atoms with Crippen LogP contribution in [0.1, 0.15) is 33.1 Å². The highest BCUT2D eigenvalue weighted by Crippen LogP contribution is 2.45. The zero-order chi connectivity index (χ0) is 48.7. The van der Waals surface area contributed by atoms with E-state index in [0.717, 1.165) is 70.4 Å². The maximum absolute atomic E-state index is 2.56. The molecule has 9 aromatic carbocycles. The van der Waals surface area contributed by atoms with Crippen molar-refractivity contribution in [2.24, 2.45) is 5.92 Å². The molecule has 0 spiro atoms. The van der Waals surface area contributed by atoms with Gasteiger partial charge in [0, 0.05) is 56.9 Å². The summed E-state index contributed by atoms with van der Waals surface area (Å²) >= 11 is 0. The third-order valence-corrected chi connectivity index (χ3v) is 14.2. The van der Waals surface area contributed by atoms with Gasteiger partial charge in [-0.3, -0.25) is 0 Å². The van der Waals surface area contributed by atoms with Gasteiger partial charge >= 0.3 is 0 Å². The molecule has 0 radical (unpaired) electrons. The minimum Gasteiger partial charge on any atom is -0.334 e. The number of para-hydroxylation sites is 2. The molecule has 11 rings (SSSR count). The van der Waals surface area contributed by atoms with Gasteiger partial charge < -0.3 is 19.6 Å². The summed E-state index contributed by atoms with van der Waals surface area (Å²) < 4.78 is 0. The van der Waals surface area contributed by atoms with E-state index in [1.54, 1.807) is 0 Å². The topological polar surface area (TPSA) is 13.0 Å². The minimum atomic E-state index is -0.208. The SMILES string of the molecule is CC1CC=CC(C)(N(c2ccc(N(c3ccc(N(c4ccccc4)c4ccc5ccccc5c4)cc3)c3ccc(N(c4ccccc4)C4/C=C/C=C\C=C/C=C/C4)cc3)cc2)c2ccc3ccccc3c2)C1. The lowest BCUT2D eigenvalue weighted by Crippen LogP contribution is -2.44. The molecule has 3 unspecified atom stereocenters. The first-order chi connectivity index (χ1) is 35.5. The van der Waals surface area contributed by atoms with Crippen LogP contribution in [0, 0.1) is 5.92 Å². The van der Waals surface area contributed by atoms with Gasteiger partial charge in [-0.05, 0) is 175 Å². The normalized spacial score (nSPS) is 19.2. The highest BCUT2D eigenvalue weighted by molar-refractivity contribution is 5.91. The third-order valence-electron chi connectivity index (χ3n) is 14.2. The van der Waals surface area contributed by atoms with Crippen LogP contribution in [0.25, 0.3) is 21.5 Å². The van der Waals surface area contributed by atoms with Gasteiger partial charge in [0.1, 0.15) is 0 Å². The second-order valence-electron chi connectivity index (χ2n) is 19.3. The average molecular weight is 933 g/mol. The van der Waals surface area contributed by atoms with Gasteiger partial charge in [0.2, 0.25) is 0 Å². The van der Waals surface area contributed by atoms with Crippen LogP contribution in [0.2, 0.25) is 0 Å². The molecule has 72 heavy (non-hydrogen) atoms. The average Bonchev–Trinajstić information content (AvgIpc) is 3.42. The molecule has 0 heterocycles. The van der Waals surface area contributed by atoms with Crippen molar-refractivity contribution in [3.63, 3.8) is 0 Å². The van der Waals surface area contributed by atoms with Gasteiger partial charge in [-0.1, -0.05) is 165 Å². The Hall–Kier alpha value is -8.60. The number of hydrogen-bond acceptors (Lipinski definition) is 4. The molecule has 352 valence electrons. The van der Waals surface area contributed by atoms with Crippen molar-refractivity contribution in [2.75, 3.05) is 19.6 Å². The molecule has 9 aromatic rings. The molecule has 0 saturated carbocycles. The van der Waals surface area contributed by atoms with Crippen LogP contribution in [0.15, 0.2) is 279 Å². The monoisotopic (exact) mass is 932 g/mol. The molecule has 2 aliphatic rings. The maximum Gasteiger partial charge on any atom is 0.0608 e. The van der Waals surface area contributed by atoms with Gasteiger partial charge in [-0.2, -0.15) is 0 Å². The standard InChI is InChI=1S/C68H60N4/c1-52-21-20-48-68(2,51-52)72(67-35-33-54-23-17-19-25-56(54)50-67)65-46-44-63(45-47-65)70(61-38-36-60(37-39-61)69(58-28-12-8-13-29-58)57-26-10-6-4-3-5-7-11-27-57)62-40-42-64(43-41-62)71(59-30-14-9-15-31-59)66-34-32-53-22-16-18-24-55(53)49-66/h3-20,22-26,28-50,52,57H,21,27,51H2,1-2H3/b5-3-,6-4-,11-7+,26-10+. The van der Waals surface area contributed by atoms with E-state index in [1.165, 1.54) is 27.2 Å². The largest absolute Gasteiger partial charge is 0.334 e. The van der Waals surface area contributed by atoms with Crippen molar-refractivity contribution in [1.82, 2.24) is 0 Å². The molecule has 0 bridgehead atoms. The number of hydrogen-bond donors (Lipinski definition) is 0. The smallest absolute Gasteiger partial charge is 0.0608 e. The zero-order valence-electron chi connectivity index (χ0n) is 41.1. The Bertz CT molecular complexity index is 3430. The molecule has 0 N–H and O–H groups in total. The zero-order valence-corrected chi connectivity index (χ0v) is 41.1. The number of anilines is 10. The minimum absolute atomic E-state index is 0.103. The highest BCUT2D eigenvalue weighted by Gasteiger charge is 2.35. The lowest BCUT2D eigenvalue weighted by molar-refractivity contribution is 0.391. The van der Waals surface area contributed by atoms with Crippen molar-refractivity contribution in [3.8, 4) is 0 Å². The Morgan fingerprint density at radius 2 is 0.778 bits per heavy atom. The maximum atomic E-state index is 2.56. The van der Waals surface area contributed by atoms with Gasteiger partial charge in [0.15, 0.2) is 0 Å². The van der Waals surface area contributed by atoms with E-state index in [0.29, 0.717) is 5.92 Å². The van der Waals surface area contributed by atoms with E-state index >= 15 is 0 Å². The van der Waals surface area contributed by atoms with Crippen LogP contribution in [0.5, 0.6) is 0 Å². The lowest BCUT2D eigenvalue weighted by atomic mass is 9.81. The summed E-state index contributed by atoms with van der Waals surface area (Å²) in [5.74, 6) is 0.572. The summed E-state index contributed by atoms with van der Waals surface area (Å²) in [5.41, 5.74) is 10.9. The lowest BCUT2D eigenvalue weighted by Gasteiger charge is -2.44. The fraction of sp³-hybridized carbons (Fsp3) is 0.118. The summed E-state index contributed by atoms with van der Waals surface area (Å²) in [6.45, 7) is 4.77. The van der Waals surface area contributed by atoms with Crippen LogP contribution >= 0.6 is 0 Å². The van der Waals surface area contributed by atoms with E-state index in [1.807, 2.05) is 0 Å². The van der Waals surface area contributed by atoms with Crippen molar-refractivity contribution < 1.29 is 0 Å². The first-order valence-corrected chi connectivity index (χ1v) is 25.4. The van der Waals surface area contributed by atoms with E-state index < -0.39 is 0 Å². The van der Waals surface area contributed by atoms with Gasteiger partial charge in [0.05, 0.1) is 11.6 Å². The highest BCUT2D eigenvalue weighted by atomic mass is 15.2. The number of allylic oxidation sites excluding steroid dienone is 7. The quantitative estimate of drug-likeness (QED) is 0.113. The Morgan fingerprint density at radius 1 is 0.361 bits per heavy atom. The summed E-state index contributed by atoms with van der Waals surface area (Å²) in [6, 6.07) is 79.8. The Labute approximate surface area is 425 Å². The van der Waals surface area contributed by atoms with E-state index in [2.05, 4.69) is 313 Å². The number of benzene rings is 9. The predicted octanol–water partition coefficient (Wildman–Crippen LogP) is 19.0. The van der Waals surface area contributed by atoms with Crippen LogP contribution in [-0.2, 0) is 0 Å². The summed E-state index contributed by atoms with van der Waals surface area (Å²) in [6.07, 6.45) is 25.1. The molecule has 2 aliphatic carbocycles. The van der Waals surface area contributed by atoms with E-state index in [-0.39, 0.29) is 11.6 Å². The van der Waals surface area contributed by atoms with E-state index in [4.69, 9.17) is 0 Å². The summed E-state index contributed by atoms with van der Waals surface area (Å²) in [4.78, 5) is 9.74. The first-order valence-electron chi connectivity index (χ1n) is 25.4. The fourth-order valence-corrected chi connectivity index (χ4v) is 10.8. The summed E-state index contributed by atoms with van der Waals surface area (Å²) in [5, 5.41) is 4.92. The number of fused-ring (bicyclic) bond motifs is 2. The van der Waals surface area contributed by atoms with E-state index in [9.17, 15) is 0 Å². The Kier molecular flexibility index (Phi) is 13.2. The third kappa shape index (κ3) is 9.77. The van der Waals surface area contributed by atoms with Crippen LogP contribution in [0.3, 0.4) is 0 Å². The summed E-state index contributed by atoms with van der Waals surface area (Å²) in [7, 11) is 0. The molecular formula is C68H60N4. The fourth-order valence-electron chi connectivity index (χ4n) is 10.8. The van der Waals surface area contributed by atoms with Crippen molar-refractivity contribution in [2.45, 2.75) is 44.7 Å². The first kappa shape index (κ1) is 45.8. The predicted molar refractivity (Wildman–Crippen MR) is 309 cm³/mol. The van der Waals surface area contributed by atoms with Crippen molar-refractivity contribution >= 4 is 78.4 Å². The molecule has 4 heteroatoms. The molecule has 0 aliphatic heterocycles. The molecular weight excluding hydrogens is 873 g/mol. The van der Waals surface area contributed by atoms with Gasteiger partial charge in [0.25, 0.3) is 0 Å². The molecule has 0 saturated heterocycles. The van der Waals surface area contributed by atoms with Crippen LogP contribution < -0.4 is 19.6 Å². The Morgan fingerprint density at radius 3 is 1.36 bits per heavy atom. The molecule has 0 fully saturated rings. The van der Waals surface area contributed by atoms with Gasteiger partial charge in [-0.25, -0.2) is 0 Å². The van der Waals surface area contributed by atoms with Gasteiger partial charge in [-0.15, -0.1) is 0 Å². The molecule has 0 aromatic heterocycles. The molecule has 4 nitrogen and oxygen atoms in total. The van der Waals surface area contributed by atoms with Crippen LogP contribution in [-0.4, -0.2) is 11.6 Å². The molecule has 3 atom stereocenters.